The molecule has 5 atom stereocenters. The number of carbonyl (C=O) groups excluding carboxylic acids is 1. The molecule has 4 nitrogen and oxygen atoms in total. The lowest BCUT2D eigenvalue weighted by Gasteiger charge is -2.29. The van der Waals surface area contributed by atoms with Crippen LogP contribution in [0.15, 0.2) is 0 Å². The Hall–Kier alpha value is -0.610. The molecule has 1 aliphatic carbocycles. The van der Waals surface area contributed by atoms with E-state index in [1.54, 1.807) is 7.11 Å². The van der Waals surface area contributed by atoms with Gasteiger partial charge in [-0.15, -0.1) is 0 Å². The average molecular weight is 238 g/mol. The molecular weight excluding hydrogens is 216 g/mol. The highest BCUT2D eigenvalue weighted by atomic mass is 16.5. The second-order valence-electron chi connectivity index (χ2n) is 5.77. The van der Waals surface area contributed by atoms with Crippen LogP contribution < -0.4 is 5.32 Å². The lowest BCUT2D eigenvalue weighted by atomic mass is 9.92. The zero-order chi connectivity index (χ0) is 11.8. The number of fused-ring (bicyclic) bond motifs is 1. The molecule has 1 amide bonds. The fourth-order valence-electron chi connectivity index (χ4n) is 3.36. The summed E-state index contributed by atoms with van der Waals surface area (Å²) >= 11 is 0. The predicted molar refractivity (Wildman–Crippen MR) is 64.7 cm³/mol. The summed E-state index contributed by atoms with van der Waals surface area (Å²) in [5.41, 5.74) is 0. The van der Waals surface area contributed by atoms with Crippen molar-refractivity contribution >= 4 is 5.91 Å². The highest BCUT2D eigenvalue weighted by molar-refractivity contribution is 5.79. The van der Waals surface area contributed by atoms with Crippen LogP contribution in [0.25, 0.3) is 0 Å². The van der Waals surface area contributed by atoms with E-state index >= 15 is 0 Å². The molecule has 0 aromatic rings. The van der Waals surface area contributed by atoms with Gasteiger partial charge in [-0.1, -0.05) is 0 Å². The number of nitrogens with one attached hydrogen (secondary N) is 1. The maximum Gasteiger partial charge on any atom is 0.224 e. The van der Waals surface area contributed by atoms with Crippen LogP contribution in [0.5, 0.6) is 0 Å². The van der Waals surface area contributed by atoms with Crippen molar-refractivity contribution < 1.29 is 9.53 Å². The molecular formula is C13H22N2O2. The second kappa shape index (κ2) is 4.58. The van der Waals surface area contributed by atoms with Crippen LogP contribution in [0.1, 0.15) is 32.1 Å². The zero-order valence-electron chi connectivity index (χ0n) is 10.5. The van der Waals surface area contributed by atoms with Crippen LogP contribution in [0.2, 0.25) is 0 Å². The van der Waals surface area contributed by atoms with Crippen LogP contribution in [0.3, 0.4) is 0 Å². The minimum atomic E-state index is 0.247. The van der Waals surface area contributed by atoms with Crippen molar-refractivity contribution in [3.8, 4) is 0 Å². The predicted octanol–water partition coefficient (Wildman–Crippen LogP) is 0.764. The first-order valence-corrected chi connectivity index (χ1v) is 6.83. The van der Waals surface area contributed by atoms with E-state index in [4.69, 9.17) is 4.74 Å². The van der Waals surface area contributed by atoms with Gasteiger partial charge in [-0.25, -0.2) is 0 Å². The van der Waals surface area contributed by atoms with Crippen molar-refractivity contribution in [3.63, 3.8) is 0 Å². The molecule has 96 valence electrons. The van der Waals surface area contributed by atoms with Gasteiger partial charge in [-0.2, -0.15) is 0 Å². The van der Waals surface area contributed by atoms with Crippen LogP contribution in [-0.4, -0.2) is 49.2 Å². The van der Waals surface area contributed by atoms with E-state index in [2.05, 4.69) is 10.2 Å². The Morgan fingerprint density at radius 1 is 1.29 bits per heavy atom. The molecule has 0 aromatic heterocycles. The zero-order valence-corrected chi connectivity index (χ0v) is 10.5. The van der Waals surface area contributed by atoms with Crippen LogP contribution in [0, 0.1) is 5.92 Å². The van der Waals surface area contributed by atoms with Crippen LogP contribution in [0.4, 0.5) is 0 Å². The average Bonchev–Trinajstić information content (AvgIpc) is 2.96. The number of ether oxygens (including phenoxy) is 1. The SMILES string of the molecule is CO[C@@H]1CCC[C@@H](NC(=O)C2CC3CN3C2)C1. The van der Waals surface area contributed by atoms with E-state index in [0.717, 1.165) is 38.3 Å². The molecule has 2 saturated heterocycles. The van der Waals surface area contributed by atoms with Crippen LogP contribution >= 0.6 is 0 Å². The van der Waals surface area contributed by atoms with Crippen molar-refractivity contribution in [2.24, 2.45) is 5.92 Å². The molecule has 3 rings (SSSR count). The Kier molecular flexibility index (Phi) is 3.09. The number of rotatable bonds is 3. The standard InChI is InChI=1S/C13H22N2O2/c1-17-12-4-2-3-10(6-12)14-13(16)9-5-11-8-15(11)7-9/h9-12H,2-8H2,1H3,(H,14,16)/t9?,10-,11?,12-,15?/m1/s1. The first kappa shape index (κ1) is 11.5. The molecule has 4 heteroatoms. The number of carbonyl (C=O) groups is 1. The van der Waals surface area contributed by atoms with Gasteiger partial charge in [0, 0.05) is 32.3 Å². The Balaban J connectivity index is 1.47. The fourth-order valence-corrected chi connectivity index (χ4v) is 3.36. The van der Waals surface area contributed by atoms with Gasteiger partial charge >= 0.3 is 0 Å². The molecule has 0 spiro atoms. The second-order valence-corrected chi connectivity index (χ2v) is 5.77. The number of amides is 1. The summed E-state index contributed by atoms with van der Waals surface area (Å²) in [6.45, 7) is 2.20. The molecule has 0 radical (unpaired) electrons. The summed E-state index contributed by atoms with van der Waals surface area (Å²) in [6, 6.07) is 1.07. The van der Waals surface area contributed by atoms with Gasteiger partial charge in [-0.05, 0) is 32.1 Å². The summed E-state index contributed by atoms with van der Waals surface area (Å²) in [4.78, 5) is 14.5. The summed E-state index contributed by atoms with van der Waals surface area (Å²) in [5.74, 6) is 0.524. The minimum absolute atomic E-state index is 0.247. The first-order chi connectivity index (χ1) is 8.26. The fraction of sp³-hybridized carbons (Fsp3) is 0.923. The Morgan fingerprint density at radius 2 is 2.18 bits per heavy atom. The number of hydrogen-bond acceptors (Lipinski definition) is 3. The molecule has 1 N–H and O–H groups in total. The summed E-state index contributed by atoms with van der Waals surface area (Å²) in [7, 11) is 1.77. The maximum absolute atomic E-state index is 12.1. The molecule has 1 saturated carbocycles. The van der Waals surface area contributed by atoms with Crippen LogP contribution in [-0.2, 0) is 9.53 Å². The summed E-state index contributed by atoms with van der Waals surface area (Å²) in [6.07, 6.45) is 5.83. The van der Waals surface area contributed by atoms with Gasteiger partial charge < -0.3 is 10.1 Å². The lowest BCUT2D eigenvalue weighted by molar-refractivity contribution is -0.126. The van der Waals surface area contributed by atoms with E-state index in [0.29, 0.717) is 12.1 Å². The molecule has 3 unspecified atom stereocenters. The highest BCUT2D eigenvalue weighted by Gasteiger charge is 2.46. The maximum atomic E-state index is 12.1. The summed E-state index contributed by atoms with van der Waals surface area (Å²) in [5, 5.41) is 3.22. The number of methoxy groups -OCH3 is 1. The van der Waals surface area contributed by atoms with Gasteiger partial charge in [0.1, 0.15) is 0 Å². The van der Waals surface area contributed by atoms with E-state index < -0.39 is 0 Å². The van der Waals surface area contributed by atoms with Gasteiger partial charge in [-0.3, -0.25) is 9.69 Å². The largest absolute Gasteiger partial charge is 0.381 e. The molecule has 0 bridgehead atoms. The number of piperidine rings is 1. The number of nitrogens with zero attached hydrogens (tertiary/aromatic N) is 1. The quantitative estimate of drug-likeness (QED) is 0.738. The monoisotopic (exact) mass is 238 g/mol. The lowest BCUT2D eigenvalue weighted by Crippen LogP contribution is -2.43. The third kappa shape index (κ3) is 2.47. The Labute approximate surface area is 103 Å². The Bertz CT molecular complexity index is 298. The van der Waals surface area contributed by atoms with E-state index in [9.17, 15) is 4.79 Å². The Morgan fingerprint density at radius 3 is 2.88 bits per heavy atom. The van der Waals surface area contributed by atoms with E-state index in [1.807, 2.05) is 0 Å². The van der Waals surface area contributed by atoms with E-state index in [-0.39, 0.29) is 11.8 Å². The summed E-state index contributed by atoms with van der Waals surface area (Å²) < 4.78 is 5.39. The third-order valence-electron chi connectivity index (χ3n) is 4.52. The van der Waals surface area contributed by atoms with Crippen molar-refractivity contribution in [1.29, 1.82) is 0 Å². The van der Waals surface area contributed by atoms with Gasteiger partial charge in [0.05, 0.1) is 12.0 Å². The van der Waals surface area contributed by atoms with Crippen molar-refractivity contribution in [2.45, 2.75) is 50.3 Å². The third-order valence-corrected chi connectivity index (χ3v) is 4.52. The molecule has 3 fully saturated rings. The van der Waals surface area contributed by atoms with Gasteiger partial charge in [0.25, 0.3) is 0 Å². The van der Waals surface area contributed by atoms with Crippen molar-refractivity contribution in [1.82, 2.24) is 10.2 Å². The smallest absolute Gasteiger partial charge is 0.224 e. The van der Waals surface area contributed by atoms with Crippen molar-refractivity contribution in [2.75, 3.05) is 20.2 Å². The molecule has 2 heterocycles. The van der Waals surface area contributed by atoms with Gasteiger partial charge in [0.2, 0.25) is 5.91 Å². The molecule has 17 heavy (non-hydrogen) atoms. The van der Waals surface area contributed by atoms with Crippen molar-refractivity contribution in [3.05, 3.63) is 0 Å². The topological polar surface area (TPSA) is 41.3 Å². The molecule has 3 aliphatic rings. The molecule has 0 aromatic carbocycles. The minimum Gasteiger partial charge on any atom is -0.381 e. The normalized spacial score (nSPS) is 44.2. The highest BCUT2D eigenvalue weighted by Crippen LogP contribution is 2.34. The molecule has 2 aliphatic heterocycles. The first-order valence-electron chi connectivity index (χ1n) is 6.83. The van der Waals surface area contributed by atoms with Gasteiger partial charge in [0.15, 0.2) is 0 Å². The van der Waals surface area contributed by atoms with E-state index in [1.165, 1.54) is 13.0 Å². The number of hydrogen-bond donors (Lipinski definition) is 1.